The Balaban J connectivity index is 1.47. The van der Waals surface area contributed by atoms with Crippen LogP contribution in [0.25, 0.3) is 0 Å². The molecule has 3 amide bonds. The second kappa shape index (κ2) is 13.1. The molecule has 8 heteroatoms. The van der Waals surface area contributed by atoms with Gasteiger partial charge in [-0.15, -0.1) is 0 Å². The molecule has 0 saturated carbocycles. The summed E-state index contributed by atoms with van der Waals surface area (Å²) in [5.74, 6) is 1.09. The van der Waals surface area contributed by atoms with Gasteiger partial charge in [0, 0.05) is 44.2 Å². The van der Waals surface area contributed by atoms with Gasteiger partial charge < -0.3 is 19.9 Å². The van der Waals surface area contributed by atoms with Crippen LogP contribution in [0.2, 0.25) is 0 Å². The molecule has 2 aliphatic rings. The maximum absolute atomic E-state index is 13.5. The number of para-hydroxylation sites is 1. The molecule has 0 aliphatic carbocycles. The van der Waals surface area contributed by atoms with Gasteiger partial charge in [-0.1, -0.05) is 45.0 Å². The maximum atomic E-state index is 13.5. The van der Waals surface area contributed by atoms with Crippen molar-refractivity contribution in [3.05, 3.63) is 59.9 Å². The van der Waals surface area contributed by atoms with Gasteiger partial charge in [-0.25, -0.2) is 0 Å². The van der Waals surface area contributed by atoms with E-state index >= 15 is 0 Å². The standard InChI is InChI=1S/C31H42N4O4/c1-31(2,3)18-29(37)35-21-25-9-4-5-12-27(25)39-16-8-10-24-20-34(30(38)22-35)15-13-23(24)17-28(36)33-19-26-11-6-7-14-32-26/h4-7,9,11-12,14,23-24H,8,10,13,15-22H2,1-3H3,(H,33,36)/t23-,24-/m0/s1. The first-order chi connectivity index (χ1) is 18.7. The average molecular weight is 535 g/mol. The molecule has 1 aromatic carbocycles. The van der Waals surface area contributed by atoms with Crippen LogP contribution in [0.3, 0.4) is 0 Å². The van der Waals surface area contributed by atoms with Crippen LogP contribution in [-0.4, -0.2) is 58.7 Å². The summed E-state index contributed by atoms with van der Waals surface area (Å²) in [4.78, 5) is 47.5. The Bertz CT molecular complexity index is 1130. The average Bonchev–Trinajstić information content (AvgIpc) is 2.91. The normalized spacial score (nSPS) is 20.5. The van der Waals surface area contributed by atoms with Crippen LogP contribution in [0.1, 0.15) is 64.1 Å². The zero-order valence-corrected chi connectivity index (χ0v) is 23.5. The number of pyridine rings is 1. The van der Waals surface area contributed by atoms with Gasteiger partial charge in [-0.3, -0.25) is 19.4 Å². The van der Waals surface area contributed by atoms with E-state index in [1.807, 2.05) is 68.1 Å². The third-order valence-electron chi connectivity index (χ3n) is 7.56. The van der Waals surface area contributed by atoms with Crippen molar-refractivity contribution < 1.29 is 19.1 Å². The minimum atomic E-state index is -0.183. The number of benzene rings is 1. The molecule has 2 aromatic rings. The first-order valence-corrected chi connectivity index (χ1v) is 14.1. The van der Waals surface area contributed by atoms with Crippen molar-refractivity contribution in [1.82, 2.24) is 20.1 Å². The monoisotopic (exact) mass is 534 g/mol. The number of aromatic nitrogens is 1. The van der Waals surface area contributed by atoms with E-state index in [0.29, 0.717) is 45.6 Å². The fourth-order valence-electron chi connectivity index (χ4n) is 5.47. The van der Waals surface area contributed by atoms with Crippen molar-refractivity contribution in [2.75, 3.05) is 26.2 Å². The largest absolute Gasteiger partial charge is 0.493 e. The lowest BCUT2D eigenvalue weighted by atomic mass is 9.80. The number of fused-ring (bicyclic) bond motifs is 3. The van der Waals surface area contributed by atoms with Crippen LogP contribution in [0.5, 0.6) is 5.75 Å². The van der Waals surface area contributed by atoms with Crippen LogP contribution in [0, 0.1) is 17.3 Å². The van der Waals surface area contributed by atoms with Crippen molar-refractivity contribution in [1.29, 1.82) is 0 Å². The Morgan fingerprint density at radius 3 is 2.64 bits per heavy atom. The van der Waals surface area contributed by atoms with Crippen LogP contribution in [0.15, 0.2) is 48.7 Å². The summed E-state index contributed by atoms with van der Waals surface area (Å²) < 4.78 is 6.18. The highest BCUT2D eigenvalue weighted by Crippen LogP contribution is 2.31. The first kappa shape index (κ1) is 28.6. The second-order valence-corrected chi connectivity index (χ2v) is 12.0. The fourth-order valence-corrected chi connectivity index (χ4v) is 5.47. The van der Waals surface area contributed by atoms with Crippen LogP contribution >= 0.6 is 0 Å². The van der Waals surface area contributed by atoms with E-state index in [1.165, 1.54) is 0 Å². The van der Waals surface area contributed by atoms with Crippen molar-refractivity contribution in [3.8, 4) is 5.75 Å². The Kier molecular flexibility index (Phi) is 9.59. The first-order valence-electron chi connectivity index (χ1n) is 14.1. The summed E-state index contributed by atoms with van der Waals surface area (Å²) in [7, 11) is 0. The predicted molar refractivity (Wildman–Crippen MR) is 150 cm³/mol. The van der Waals surface area contributed by atoms with Crippen molar-refractivity contribution in [2.45, 2.75) is 66.0 Å². The molecule has 1 fully saturated rings. The molecule has 1 saturated heterocycles. The van der Waals surface area contributed by atoms with Gasteiger partial charge in [-0.05, 0) is 54.7 Å². The Morgan fingerprint density at radius 1 is 1.08 bits per heavy atom. The minimum Gasteiger partial charge on any atom is -0.493 e. The molecule has 1 N–H and O–H groups in total. The molecule has 4 rings (SSSR count). The zero-order valence-electron chi connectivity index (χ0n) is 23.5. The summed E-state index contributed by atoms with van der Waals surface area (Å²) >= 11 is 0. The van der Waals surface area contributed by atoms with Gasteiger partial charge in [0.25, 0.3) is 0 Å². The van der Waals surface area contributed by atoms with Gasteiger partial charge >= 0.3 is 0 Å². The van der Waals surface area contributed by atoms with Crippen molar-refractivity contribution in [3.63, 3.8) is 0 Å². The molecular formula is C31H42N4O4. The quantitative estimate of drug-likeness (QED) is 0.621. The molecule has 2 bridgehead atoms. The maximum Gasteiger partial charge on any atom is 0.242 e. The van der Waals surface area contributed by atoms with E-state index in [9.17, 15) is 14.4 Å². The van der Waals surface area contributed by atoms with E-state index in [4.69, 9.17) is 4.74 Å². The highest BCUT2D eigenvalue weighted by Gasteiger charge is 2.34. The summed E-state index contributed by atoms with van der Waals surface area (Å²) in [6.45, 7) is 8.65. The summed E-state index contributed by atoms with van der Waals surface area (Å²) in [6.07, 6.45) is 4.99. The third-order valence-corrected chi connectivity index (χ3v) is 7.56. The van der Waals surface area contributed by atoms with E-state index in [1.54, 1.807) is 11.1 Å². The van der Waals surface area contributed by atoms with E-state index in [-0.39, 0.29) is 41.5 Å². The van der Waals surface area contributed by atoms with E-state index < -0.39 is 0 Å². The lowest BCUT2D eigenvalue weighted by molar-refractivity contribution is -0.143. The Hall–Kier alpha value is -3.42. The van der Waals surface area contributed by atoms with Gasteiger partial charge in [0.15, 0.2) is 0 Å². The molecular weight excluding hydrogens is 492 g/mol. The molecule has 8 nitrogen and oxygen atoms in total. The Labute approximate surface area is 232 Å². The molecule has 0 spiro atoms. The predicted octanol–water partition coefficient (Wildman–Crippen LogP) is 4.19. The number of nitrogens with zero attached hydrogens (tertiary/aromatic N) is 3. The van der Waals surface area contributed by atoms with Crippen LogP contribution in [0.4, 0.5) is 0 Å². The molecule has 3 heterocycles. The van der Waals surface area contributed by atoms with E-state index in [2.05, 4.69) is 10.3 Å². The summed E-state index contributed by atoms with van der Waals surface area (Å²) in [5.41, 5.74) is 1.56. The summed E-state index contributed by atoms with van der Waals surface area (Å²) in [5, 5.41) is 3.00. The fraction of sp³-hybridized carbons (Fsp3) is 0.548. The SMILES string of the molecule is CC(C)(C)CC(=O)N1CC(=O)N2CC[C@@H](CC(=O)NCc3ccccn3)[C@@H](CCCOc3ccccc3C1)C2. The lowest BCUT2D eigenvalue weighted by Crippen LogP contribution is -2.49. The molecule has 2 atom stereocenters. The van der Waals surface area contributed by atoms with Crippen molar-refractivity contribution >= 4 is 17.7 Å². The second-order valence-electron chi connectivity index (χ2n) is 12.0. The van der Waals surface area contributed by atoms with Gasteiger partial charge in [-0.2, -0.15) is 0 Å². The Morgan fingerprint density at radius 2 is 1.87 bits per heavy atom. The van der Waals surface area contributed by atoms with E-state index in [0.717, 1.165) is 36.3 Å². The number of amides is 3. The third kappa shape index (κ3) is 8.53. The number of nitrogens with one attached hydrogen (secondary N) is 1. The molecule has 0 unspecified atom stereocenters. The highest BCUT2D eigenvalue weighted by molar-refractivity contribution is 5.85. The highest BCUT2D eigenvalue weighted by atomic mass is 16.5. The van der Waals surface area contributed by atoms with Gasteiger partial charge in [0.05, 0.1) is 18.8 Å². The van der Waals surface area contributed by atoms with Gasteiger partial charge in [0.1, 0.15) is 12.3 Å². The zero-order chi connectivity index (χ0) is 27.8. The number of carbonyl (C=O) groups excluding carboxylic acids is 3. The number of carbonyl (C=O) groups is 3. The smallest absolute Gasteiger partial charge is 0.242 e. The lowest BCUT2D eigenvalue weighted by Gasteiger charge is -2.39. The van der Waals surface area contributed by atoms with Crippen LogP contribution in [-0.2, 0) is 27.5 Å². The number of ether oxygens (including phenoxy) is 1. The topological polar surface area (TPSA) is 91.8 Å². The van der Waals surface area contributed by atoms with Gasteiger partial charge in [0.2, 0.25) is 17.7 Å². The number of hydrogen-bond acceptors (Lipinski definition) is 5. The number of rotatable bonds is 5. The summed E-state index contributed by atoms with van der Waals surface area (Å²) in [6, 6.07) is 13.4. The molecule has 39 heavy (non-hydrogen) atoms. The minimum absolute atomic E-state index is 0.0116. The molecule has 0 radical (unpaired) electrons. The number of hydrogen-bond donors (Lipinski definition) is 1. The molecule has 2 aliphatic heterocycles. The van der Waals surface area contributed by atoms with Crippen molar-refractivity contribution in [2.24, 2.45) is 17.3 Å². The number of piperidine rings is 1. The van der Waals surface area contributed by atoms with Crippen LogP contribution < -0.4 is 10.1 Å². The molecule has 1 aromatic heterocycles. The molecule has 210 valence electrons.